The maximum atomic E-state index is 13.2. The monoisotopic (exact) mass is 504 g/mol. The highest BCUT2D eigenvalue weighted by molar-refractivity contribution is 7.16. The quantitative estimate of drug-likeness (QED) is 0.323. The summed E-state index contributed by atoms with van der Waals surface area (Å²) in [6, 6.07) is 12.6. The number of hydrogen-bond acceptors (Lipinski definition) is 6. The average Bonchev–Trinajstić information content (AvgIpc) is 3.22. The van der Waals surface area contributed by atoms with E-state index in [1.165, 1.54) is 17.6 Å². The predicted molar refractivity (Wildman–Crippen MR) is 142 cm³/mol. The Labute approximate surface area is 216 Å². The first-order chi connectivity index (χ1) is 17.1. The average molecular weight is 505 g/mol. The van der Waals surface area contributed by atoms with Crippen molar-refractivity contribution < 1.29 is 19.1 Å². The third-order valence-corrected chi connectivity index (χ3v) is 8.46. The summed E-state index contributed by atoms with van der Waals surface area (Å²) in [5, 5.41) is 7.55. The number of methoxy groups -OCH3 is 1. The van der Waals surface area contributed by atoms with Crippen molar-refractivity contribution in [3.8, 4) is 11.5 Å². The molecular formula is C29H32N2O4S. The second-order valence-corrected chi connectivity index (χ2v) is 11.8. The van der Waals surface area contributed by atoms with Crippen molar-refractivity contribution in [3.05, 3.63) is 75.2 Å². The van der Waals surface area contributed by atoms with Crippen LogP contribution in [0.4, 0.5) is 5.00 Å². The maximum absolute atomic E-state index is 13.2. The molecule has 188 valence electrons. The van der Waals surface area contributed by atoms with E-state index in [-0.39, 0.29) is 11.3 Å². The van der Waals surface area contributed by atoms with Crippen LogP contribution >= 0.6 is 11.3 Å². The van der Waals surface area contributed by atoms with Crippen molar-refractivity contribution in [2.24, 2.45) is 11.3 Å². The van der Waals surface area contributed by atoms with E-state index >= 15 is 0 Å². The highest BCUT2D eigenvalue weighted by Crippen LogP contribution is 2.46. The minimum atomic E-state index is -0.451. The van der Waals surface area contributed by atoms with E-state index in [9.17, 15) is 9.59 Å². The summed E-state index contributed by atoms with van der Waals surface area (Å²) in [6.45, 7) is 8.86. The SMILES string of the molecule is COc1cc([C@@H]2NC(=O)c3c(sc4c3CC[C@H](C(C)(C)C)C4)N2)ccc1OC(=O)c1ccc(C)cc1. The first-order valence-electron chi connectivity index (χ1n) is 12.3. The number of nitrogens with one attached hydrogen (secondary N) is 2. The molecule has 36 heavy (non-hydrogen) atoms. The molecule has 2 aromatic carbocycles. The minimum Gasteiger partial charge on any atom is -0.493 e. The lowest BCUT2D eigenvalue weighted by molar-refractivity contribution is 0.0729. The van der Waals surface area contributed by atoms with Crippen molar-refractivity contribution >= 4 is 28.2 Å². The molecule has 0 saturated heterocycles. The van der Waals surface area contributed by atoms with Gasteiger partial charge in [-0.2, -0.15) is 0 Å². The molecule has 0 fully saturated rings. The lowest BCUT2D eigenvalue weighted by Crippen LogP contribution is -2.38. The normalized spacial score (nSPS) is 19.0. The molecule has 1 amide bonds. The van der Waals surface area contributed by atoms with Crippen LogP contribution in [0.1, 0.15) is 75.6 Å². The fraction of sp³-hybridized carbons (Fsp3) is 0.379. The van der Waals surface area contributed by atoms with Crippen molar-refractivity contribution in [2.75, 3.05) is 12.4 Å². The van der Waals surface area contributed by atoms with Crippen LogP contribution in [0.2, 0.25) is 0 Å². The molecule has 0 saturated carbocycles. The second kappa shape index (κ2) is 9.28. The van der Waals surface area contributed by atoms with Gasteiger partial charge >= 0.3 is 5.97 Å². The van der Waals surface area contributed by atoms with E-state index in [2.05, 4.69) is 31.4 Å². The molecule has 0 unspecified atom stereocenters. The molecule has 0 radical (unpaired) electrons. The number of fused-ring (bicyclic) bond motifs is 3. The van der Waals surface area contributed by atoms with E-state index in [1.54, 1.807) is 35.6 Å². The number of carbonyl (C=O) groups is 2. The topological polar surface area (TPSA) is 76.7 Å². The van der Waals surface area contributed by atoms with Gasteiger partial charge in [0.1, 0.15) is 11.2 Å². The summed E-state index contributed by atoms with van der Waals surface area (Å²) in [5.41, 5.74) is 4.61. The first-order valence-corrected chi connectivity index (χ1v) is 13.1. The Bertz CT molecular complexity index is 1320. The number of hydrogen-bond donors (Lipinski definition) is 2. The van der Waals surface area contributed by atoms with Crippen LogP contribution in [-0.4, -0.2) is 19.0 Å². The lowest BCUT2D eigenvalue weighted by Gasteiger charge is -2.34. The Kier molecular flexibility index (Phi) is 6.29. The number of anilines is 1. The zero-order valence-electron chi connectivity index (χ0n) is 21.4. The summed E-state index contributed by atoms with van der Waals surface area (Å²) in [7, 11) is 1.53. The van der Waals surface area contributed by atoms with Gasteiger partial charge in [0, 0.05) is 4.88 Å². The standard InChI is InChI=1S/C29H32N2O4S/c1-16-6-8-17(9-7-16)28(33)35-21-13-10-18(14-22(21)34-5)25-30-26(32)24-20-12-11-19(29(2,3)4)15-23(20)36-27(24)31-25/h6-10,13-14,19,25,31H,11-12,15H2,1-5H3,(H,30,32)/t19-,25+/m0/s1. The summed E-state index contributed by atoms with van der Waals surface area (Å²) in [6.07, 6.45) is 2.67. The molecule has 0 bridgehead atoms. The molecule has 1 aliphatic carbocycles. The highest BCUT2D eigenvalue weighted by atomic mass is 32.1. The molecular weight excluding hydrogens is 472 g/mol. The van der Waals surface area contributed by atoms with Gasteiger partial charge in [-0.25, -0.2) is 4.79 Å². The van der Waals surface area contributed by atoms with Gasteiger partial charge in [-0.15, -0.1) is 11.3 Å². The van der Waals surface area contributed by atoms with Crippen LogP contribution in [0, 0.1) is 18.3 Å². The molecule has 1 aliphatic heterocycles. The number of benzene rings is 2. The molecule has 0 spiro atoms. The Morgan fingerprint density at radius 2 is 1.81 bits per heavy atom. The third kappa shape index (κ3) is 4.60. The summed E-state index contributed by atoms with van der Waals surface area (Å²) >= 11 is 1.71. The number of aryl methyl sites for hydroxylation is 1. The van der Waals surface area contributed by atoms with Crippen LogP contribution in [0.15, 0.2) is 42.5 Å². The molecule has 6 nitrogen and oxygen atoms in total. The molecule has 1 aromatic heterocycles. The Morgan fingerprint density at radius 3 is 2.50 bits per heavy atom. The maximum Gasteiger partial charge on any atom is 0.343 e. The van der Waals surface area contributed by atoms with Crippen LogP contribution < -0.4 is 20.1 Å². The second-order valence-electron chi connectivity index (χ2n) is 10.7. The molecule has 7 heteroatoms. The van der Waals surface area contributed by atoms with E-state index in [0.29, 0.717) is 23.0 Å². The van der Waals surface area contributed by atoms with Gasteiger partial charge in [-0.1, -0.05) is 44.5 Å². The van der Waals surface area contributed by atoms with E-state index in [4.69, 9.17) is 9.47 Å². The Balaban J connectivity index is 1.36. The van der Waals surface area contributed by atoms with Crippen LogP contribution in [0.3, 0.4) is 0 Å². The zero-order chi connectivity index (χ0) is 25.6. The first kappa shape index (κ1) is 24.4. The molecule has 2 atom stereocenters. The summed E-state index contributed by atoms with van der Waals surface area (Å²) in [4.78, 5) is 27.1. The van der Waals surface area contributed by atoms with Crippen molar-refractivity contribution in [3.63, 3.8) is 0 Å². The van der Waals surface area contributed by atoms with E-state index in [1.807, 2.05) is 25.1 Å². The van der Waals surface area contributed by atoms with Crippen LogP contribution in [-0.2, 0) is 12.8 Å². The van der Waals surface area contributed by atoms with Crippen LogP contribution in [0.5, 0.6) is 11.5 Å². The number of carbonyl (C=O) groups excluding carboxylic acids is 2. The van der Waals surface area contributed by atoms with E-state index in [0.717, 1.165) is 41.0 Å². The number of thiophene rings is 1. The fourth-order valence-electron chi connectivity index (χ4n) is 5.00. The molecule has 2 aliphatic rings. The predicted octanol–water partition coefficient (Wildman–Crippen LogP) is 6.29. The number of rotatable bonds is 4. The summed E-state index contributed by atoms with van der Waals surface area (Å²) in [5.74, 6) is 0.868. The van der Waals surface area contributed by atoms with Crippen molar-refractivity contribution in [1.82, 2.24) is 5.32 Å². The highest BCUT2D eigenvalue weighted by Gasteiger charge is 2.36. The van der Waals surface area contributed by atoms with Gasteiger partial charge < -0.3 is 20.1 Å². The Morgan fingerprint density at radius 1 is 1.06 bits per heavy atom. The van der Waals surface area contributed by atoms with Crippen molar-refractivity contribution in [1.29, 1.82) is 0 Å². The van der Waals surface area contributed by atoms with Gasteiger partial charge in [-0.3, -0.25) is 4.79 Å². The minimum absolute atomic E-state index is 0.0469. The summed E-state index contributed by atoms with van der Waals surface area (Å²) < 4.78 is 11.1. The van der Waals surface area contributed by atoms with Gasteiger partial charge in [0.05, 0.1) is 18.2 Å². The Hall–Kier alpha value is -3.32. The largest absolute Gasteiger partial charge is 0.493 e. The third-order valence-electron chi connectivity index (χ3n) is 7.28. The zero-order valence-corrected chi connectivity index (χ0v) is 22.2. The number of esters is 1. The van der Waals surface area contributed by atoms with Crippen molar-refractivity contribution in [2.45, 2.75) is 53.1 Å². The number of amides is 1. The van der Waals surface area contributed by atoms with Crippen LogP contribution in [0.25, 0.3) is 0 Å². The van der Waals surface area contributed by atoms with Gasteiger partial charge in [0.15, 0.2) is 11.5 Å². The fourth-order valence-corrected chi connectivity index (χ4v) is 6.35. The smallest absolute Gasteiger partial charge is 0.343 e. The molecule has 3 aromatic rings. The molecule has 5 rings (SSSR count). The van der Waals surface area contributed by atoms with Gasteiger partial charge in [0.25, 0.3) is 5.91 Å². The molecule has 2 heterocycles. The lowest BCUT2D eigenvalue weighted by atomic mass is 9.72. The van der Waals surface area contributed by atoms with E-state index < -0.39 is 12.1 Å². The molecule has 2 N–H and O–H groups in total. The number of ether oxygens (including phenoxy) is 2. The van der Waals surface area contributed by atoms with Gasteiger partial charge in [-0.05, 0) is 72.9 Å². The van der Waals surface area contributed by atoms with Gasteiger partial charge in [0.2, 0.25) is 0 Å².